The molecule has 0 unspecified atom stereocenters. The Labute approximate surface area is 125 Å². The summed E-state index contributed by atoms with van der Waals surface area (Å²) in [5.74, 6) is -0.790. The molecule has 0 amide bonds. The quantitative estimate of drug-likeness (QED) is 0.670. The van der Waals surface area contributed by atoms with E-state index < -0.39 is 11.2 Å². The molecule has 0 saturated heterocycles. The predicted octanol–water partition coefficient (Wildman–Crippen LogP) is 4.33. The van der Waals surface area contributed by atoms with E-state index in [4.69, 9.17) is 5.73 Å². The largest absolute Gasteiger partial charge is 0.399 e. The van der Waals surface area contributed by atoms with Gasteiger partial charge in [0.25, 0.3) is 0 Å². The summed E-state index contributed by atoms with van der Waals surface area (Å²) in [4.78, 5) is 12.6. The van der Waals surface area contributed by atoms with Crippen molar-refractivity contribution in [3.05, 3.63) is 63.9 Å². The van der Waals surface area contributed by atoms with Crippen LogP contribution in [-0.2, 0) is 5.41 Å². The Balaban J connectivity index is 2.45. The molecule has 0 heterocycles. The highest BCUT2D eigenvalue weighted by Gasteiger charge is 2.32. The van der Waals surface area contributed by atoms with Crippen LogP contribution in [0.2, 0.25) is 0 Å². The van der Waals surface area contributed by atoms with E-state index in [2.05, 4.69) is 15.9 Å². The Hall–Kier alpha value is -1.68. The van der Waals surface area contributed by atoms with Crippen LogP contribution >= 0.6 is 15.9 Å². The minimum Gasteiger partial charge on any atom is -0.399 e. The van der Waals surface area contributed by atoms with E-state index in [0.29, 0.717) is 5.69 Å². The van der Waals surface area contributed by atoms with Crippen molar-refractivity contribution in [2.75, 3.05) is 5.73 Å². The number of rotatable bonds is 3. The maximum Gasteiger partial charge on any atom is 0.175 e. The summed E-state index contributed by atoms with van der Waals surface area (Å²) in [6.45, 7) is 3.56. The minimum atomic E-state index is -0.824. The van der Waals surface area contributed by atoms with Crippen LogP contribution in [0.4, 0.5) is 10.1 Å². The van der Waals surface area contributed by atoms with Gasteiger partial charge in [-0.1, -0.05) is 18.2 Å². The molecule has 0 spiro atoms. The lowest BCUT2D eigenvalue weighted by atomic mass is 9.78. The van der Waals surface area contributed by atoms with Gasteiger partial charge in [-0.05, 0) is 59.6 Å². The maximum atomic E-state index is 14.1. The Morgan fingerprint density at radius 1 is 1.15 bits per heavy atom. The number of ketones is 1. The second-order valence-corrected chi connectivity index (χ2v) is 6.03. The highest BCUT2D eigenvalue weighted by Crippen LogP contribution is 2.30. The van der Waals surface area contributed by atoms with Crippen molar-refractivity contribution >= 4 is 27.4 Å². The lowest BCUT2D eigenvalue weighted by Gasteiger charge is -2.24. The molecule has 0 radical (unpaired) electrons. The summed E-state index contributed by atoms with van der Waals surface area (Å²) >= 11 is 3.10. The number of carbonyl (C=O) groups is 1. The Morgan fingerprint density at radius 3 is 2.35 bits per heavy atom. The molecule has 2 aromatic carbocycles. The van der Waals surface area contributed by atoms with Gasteiger partial charge in [0, 0.05) is 5.69 Å². The zero-order valence-electron chi connectivity index (χ0n) is 11.3. The number of hydrogen-bond acceptors (Lipinski definition) is 2. The molecule has 0 aliphatic heterocycles. The van der Waals surface area contributed by atoms with Crippen molar-refractivity contribution in [2.45, 2.75) is 19.3 Å². The molecule has 2 aromatic rings. The van der Waals surface area contributed by atoms with Gasteiger partial charge in [0.05, 0.1) is 15.5 Å². The standard InChI is InChI=1S/C16H15BrFNO/c1-16(2,10-6-8-11(19)9-7-10)15(20)12-4-3-5-13(17)14(12)18/h3-9H,19H2,1-2H3. The maximum absolute atomic E-state index is 14.1. The van der Waals surface area contributed by atoms with Gasteiger partial charge < -0.3 is 5.73 Å². The van der Waals surface area contributed by atoms with Gasteiger partial charge in [0.15, 0.2) is 5.78 Å². The number of nitrogen functional groups attached to an aromatic ring is 1. The van der Waals surface area contributed by atoms with Crippen LogP contribution in [0.3, 0.4) is 0 Å². The van der Waals surface area contributed by atoms with Crippen molar-refractivity contribution in [3.8, 4) is 0 Å². The van der Waals surface area contributed by atoms with Crippen LogP contribution in [0, 0.1) is 5.82 Å². The van der Waals surface area contributed by atoms with Gasteiger partial charge in [-0.15, -0.1) is 0 Å². The summed E-state index contributed by atoms with van der Waals surface area (Å²) in [5.41, 5.74) is 6.34. The number of benzene rings is 2. The first-order valence-electron chi connectivity index (χ1n) is 6.19. The van der Waals surface area contributed by atoms with Crippen LogP contribution in [0.1, 0.15) is 29.8 Å². The molecule has 0 fully saturated rings. The van der Waals surface area contributed by atoms with E-state index in [1.165, 1.54) is 6.07 Å². The van der Waals surface area contributed by atoms with E-state index in [0.717, 1.165) is 5.56 Å². The van der Waals surface area contributed by atoms with Crippen molar-refractivity contribution in [3.63, 3.8) is 0 Å². The second kappa shape index (κ2) is 5.37. The van der Waals surface area contributed by atoms with Crippen molar-refractivity contribution in [1.82, 2.24) is 0 Å². The minimum absolute atomic E-state index is 0.0844. The van der Waals surface area contributed by atoms with Crippen molar-refractivity contribution < 1.29 is 9.18 Å². The molecule has 2 rings (SSSR count). The SMILES string of the molecule is CC(C)(C(=O)c1cccc(Br)c1F)c1ccc(N)cc1. The van der Waals surface area contributed by atoms with Crippen LogP contribution in [0.15, 0.2) is 46.9 Å². The van der Waals surface area contributed by atoms with E-state index in [-0.39, 0.29) is 15.8 Å². The second-order valence-electron chi connectivity index (χ2n) is 5.18. The van der Waals surface area contributed by atoms with Crippen LogP contribution < -0.4 is 5.73 Å². The lowest BCUT2D eigenvalue weighted by Crippen LogP contribution is -2.30. The zero-order valence-corrected chi connectivity index (χ0v) is 12.9. The molecule has 0 bridgehead atoms. The molecule has 20 heavy (non-hydrogen) atoms. The molecular formula is C16H15BrFNO. The van der Waals surface area contributed by atoms with Crippen LogP contribution in [0.5, 0.6) is 0 Å². The first-order chi connectivity index (χ1) is 9.34. The number of Topliss-reactive ketones (excluding diaryl/α,β-unsaturated/α-hetero) is 1. The number of carbonyl (C=O) groups excluding carboxylic acids is 1. The van der Waals surface area contributed by atoms with Crippen molar-refractivity contribution in [2.24, 2.45) is 0 Å². The summed E-state index contributed by atoms with van der Waals surface area (Å²) < 4.78 is 14.4. The number of anilines is 1. The Bertz CT molecular complexity index is 650. The van der Waals surface area contributed by atoms with Gasteiger partial charge >= 0.3 is 0 Å². The molecule has 0 aromatic heterocycles. The third-order valence-electron chi connectivity index (χ3n) is 3.40. The van der Waals surface area contributed by atoms with Crippen LogP contribution in [-0.4, -0.2) is 5.78 Å². The normalized spacial score (nSPS) is 11.4. The fraction of sp³-hybridized carbons (Fsp3) is 0.188. The van der Waals surface area contributed by atoms with E-state index in [1.54, 1.807) is 50.2 Å². The lowest BCUT2D eigenvalue weighted by molar-refractivity contribution is 0.0904. The molecule has 104 valence electrons. The highest BCUT2D eigenvalue weighted by atomic mass is 79.9. The molecule has 0 saturated carbocycles. The molecule has 0 aliphatic rings. The molecular weight excluding hydrogens is 321 g/mol. The van der Waals surface area contributed by atoms with Gasteiger partial charge in [0.2, 0.25) is 0 Å². The Morgan fingerprint density at radius 2 is 1.75 bits per heavy atom. The summed E-state index contributed by atoms with van der Waals surface area (Å²) in [6.07, 6.45) is 0. The highest BCUT2D eigenvalue weighted by molar-refractivity contribution is 9.10. The van der Waals surface area contributed by atoms with Gasteiger partial charge in [-0.25, -0.2) is 4.39 Å². The van der Waals surface area contributed by atoms with E-state index in [1.807, 2.05) is 0 Å². The molecule has 4 heteroatoms. The summed E-state index contributed by atoms with van der Waals surface area (Å²) in [5, 5.41) is 0. The first kappa shape index (κ1) is 14.7. The number of halogens is 2. The summed E-state index contributed by atoms with van der Waals surface area (Å²) in [7, 11) is 0. The smallest absolute Gasteiger partial charge is 0.175 e. The summed E-state index contributed by atoms with van der Waals surface area (Å²) in [6, 6.07) is 11.8. The molecule has 2 N–H and O–H groups in total. The molecule has 0 atom stereocenters. The van der Waals surface area contributed by atoms with Crippen LogP contribution in [0.25, 0.3) is 0 Å². The molecule has 2 nitrogen and oxygen atoms in total. The van der Waals surface area contributed by atoms with Gasteiger partial charge in [-0.2, -0.15) is 0 Å². The number of hydrogen-bond donors (Lipinski definition) is 1. The topological polar surface area (TPSA) is 43.1 Å². The fourth-order valence-electron chi connectivity index (χ4n) is 2.05. The first-order valence-corrected chi connectivity index (χ1v) is 6.98. The number of nitrogens with two attached hydrogens (primary N) is 1. The third-order valence-corrected chi connectivity index (χ3v) is 4.01. The average Bonchev–Trinajstić information content (AvgIpc) is 2.41. The predicted molar refractivity (Wildman–Crippen MR) is 82.3 cm³/mol. The Kier molecular flexibility index (Phi) is 3.95. The van der Waals surface area contributed by atoms with Gasteiger partial charge in [0.1, 0.15) is 5.82 Å². The fourth-order valence-corrected chi connectivity index (χ4v) is 2.41. The monoisotopic (exact) mass is 335 g/mol. The van der Waals surface area contributed by atoms with E-state index in [9.17, 15) is 9.18 Å². The third kappa shape index (κ3) is 2.61. The van der Waals surface area contributed by atoms with Crippen molar-refractivity contribution in [1.29, 1.82) is 0 Å². The van der Waals surface area contributed by atoms with E-state index >= 15 is 0 Å². The molecule has 0 aliphatic carbocycles. The zero-order chi connectivity index (χ0) is 14.9. The average molecular weight is 336 g/mol. The van der Waals surface area contributed by atoms with Gasteiger partial charge in [-0.3, -0.25) is 4.79 Å².